The zero-order valence-electron chi connectivity index (χ0n) is 8.67. The standard InChI is InChI=1S/C11H14ClNO3/c12-8-1-2-9(7(3-8)6-14)13-4-10(15)11(16)5-13/h1-3,10-11,14-16H,4-6H2. The third-order valence-electron chi connectivity index (χ3n) is 2.81. The van der Waals surface area contributed by atoms with Crippen LogP contribution in [0, 0.1) is 0 Å². The van der Waals surface area contributed by atoms with E-state index in [4.69, 9.17) is 11.6 Å². The van der Waals surface area contributed by atoms with Gasteiger partial charge in [0, 0.05) is 29.4 Å². The molecule has 16 heavy (non-hydrogen) atoms. The number of benzene rings is 1. The molecule has 1 aromatic rings. The zero-order valence-corrected chi connectivity index (χ0v) is 9.43. The van der Waals surface area contributed by atoms with E-state index in [9.17, 15) is 15.3 Å². The molecule has 0 spiro atoms. The van der Waals surface area contributed by atoms with Gasteiger partial charge in [-0.15, -0.1) is 0 Å². The molecule has 0 aromatic heterocycles. The molecule has 5 heteroatoms. The predicted octanol–water partition coefficient (Wildman–Crippen LogP) is 0.374. The number of nitrogens with zero attached hydrogens (tertiary/aromatic N) is 1. The summed E-state index contributed by atoms with van der Waals surface area (Å²) in [5.74, 6) is 0. The molecule has 0 amide bonds. The van der Waals surface area contributed by atoms with E-state index < -0.39 is 12.2 Å². The lowest BCUT2D eigenvalue weighted by Gasteiger charge is -2.20. The normalized spacial score (nSPS) is 25.1. The number of rotatable bonds is 2. The lowest BCUT2D eigenvalue weighted by Crippen LogP contribution is -2.22. The summed E-state index contributed by atoms with van der Waals surface area (Å²) in [7, 11) is 0. The van der Waals surface area contributed by atoms with Crippen LogP contribution >= 0.6 is 11.6 Å². The van der Waals surface area contributed by atoms with Gasteiger partial charge < -0.3 is 20.2 Å². The number of halogens is 1. The van der Waals surface area contributed by atoms with Crippen LogP contribution in [0.4, 0.5) is 5.69 Å². The third kappa shape index (κ3) is 2.15. The topological polar surface area (TPSA) is 63.9 Å². The molecular formula is C11H14ClNO3. The van der Waals surface area contributed by atoms with E-state index in [1.54, 1.807) is 18.2 Å². The van der Waals surface area contributed by atoms with Crippen LogP contribution in [0.1, 0.15) is 5.56 Å². The Kier molecular flexibility index (Phi) is 3.35. The summed E-state index contributed by atoms with van der Waals surface area (Å²) in [4.78, 5) is 1.84. The Morgan fingerprint density at radius 3 is 2.44 bits per heavy atom. The van der Waals surface area contributed by atoms with Gasteiger partial charge in [0.25, 0.3) is 0 Å². The zero-order chi connectivity index (χ0) is 11.7. The Hall–Kier alpha value is -0.810. The van der Waals surface area contributed by atoms with Gasteiger partial charge in [-0.25, -0.2) is 0 Å². The van der Waals surface area contributed by atoms with Gasteiger partial charge in [0.1, 0.15) is 0 Å². The molecule has 88 valence electrons. The molecule has 0 aliphatic carbocycles. The van der Waals surface area contributed by atoms with Crippen molar-refractivity contribution in [1.82, 2.24) is 0 Å². The maximum Gasteiger partial charge on any atom is 0.0990 e. The van der Waals surface area contributed by atoms with Crippen LogP contribution in [0.2, 0.25) is 5.02 Å². The monoisotopic (exact) mass is 243 g/mol. The fraction of sp³-hybridized carbons (Fsp3) is 0.455. The van der Waals surface area contributed by atoms with Crippen molar-refractivity contribution in [2.75, 3.05) is 18.0 Å². The summed E-state index contributed by atoms with van der Waals surface area (Å²) < 4.78 is 0. The highest BCUT2D eigenvalue weighted by molar-refractivity contribution is 6.30. The molecule has 0 radical (unpaired) electrons. The maximum absolute atomic E-state index is 9.47. The van der Waals surface area contributed by atoms with Crippen molar-refractivity contribution in [3.8, 4) is 0 Å². The van der Waals surface area contributed by atoms with Gasteiger partial charge in [0.2, 0.25) is 0 Å². The Labute approximate surface area is 98.7 Å². The van der Waals surface area contributed by atoms with Crippen molar-refractivity contribution in [3.05, 3.63) is 28.8 Å². The van der Waals surface area contributed by atoms with E-state index in [1.807, 2.05) is 4.90 Å². The molecule has 2 rings (SSSR count). The average molecular weight is 244 g/mol. The van der Waals surface area contributed by atoms with Crippen LogP contribution in [-0.4, -0.2) is 40.6 Å². The minimum Gasteiger partial charge on any atom is -0.392 e. The van der Waals surface area contributed by atoms with Crippen LogP contribution in [0.15, 0.2) is 18.2 Å². The summed E-state index contributed by atoms with van der Waals surface area (Å²) in [5.41, 5.74) is 1.51. The van der Waals surface area contributed by atoms with Gasteiger partial charge in [-0.1, -0.05) is 11.6 Å². The molecule has 1 aliphatic rings. The van der Waals surface area contributed by atoms with Crippen LogP contribution in [0.5, 0.6) is 0 Å². The summed E-state index contributed by atoms with van der Waals surface area (Å²) in [5, 5.41) is 28.7. The summed E-state index contributed by atoms with van der Waals surface area (Å²) >= 11 is 5.83. The molecule has 0 bridgehead atoms. The second-order valence-corrected chi connectivity index (χ2v) is 4.41. The van der Waals surface area contributed by atoms with E-state index in [-0.39, 0.29) is 6.61 Å². The van der Waals surface area contributed by atoms with Gasteiger partial charge in [0.05, 0.1) is 18.8 Å². The minimum atomic E-state index is -0.734. The number of aliphatic hydroxyl groups excluding tert-OH is 3. The van der Waals surface area contributed by atoms with Crippen molar-refractivity contribution in [2.45, 2.75) is 18.8 Å². The first-order chi connectivity index (χ1) is 7.61. The molecule has 1 heterocycles. The highest BCUT2D eigenvalue weighted by Crippen LogP contribution is 2.27. The lowest BCUT2D eigenvalue weighted by atomic mass is 10.1. The van der Waals surface area contributed by atoms with Crippen molar-refractivity contribution in [2.24, 2.45) is 0 Å². The van der Waals surface area contributed by atoms with E-state index in [1.165, 1.54) is 0 Å². The van der Waals surface area contributed by atoms with E-state index in [2.05, 4.69) is 0 Å². The molecule has 2 atom stereocenters. The summed E-state index contributed by atoms with van der Waals surface area (Å²) in [6.45, 7) is 0.629. The minimum absolute atomic E-state index is 0.113. The van der Waals surface area contributed by atoms with E-state index in [0.29, 0.717) is 23.7 Å². The van der Waals surface area contributed by atoms with Crippen molar-refractivity contribution < 1.29 is 15.3 Å². The summed E-state index contributed by atoms with van der Waals surface area (Å²) in [6.07, 6.45) is -1.47. The first-order valence-electron chi connectivity index (χ1n) is 5.12. The molecule has 2 unspecified atom stereocenters. The lowest BCUT2D eigenvalue weighted by molar-refractivity contribution is 0.0572. The third-order valence-corrected chi connectivity index (χ3v) is 3.05. The Balaban J connectivity index is 2.27. The van der Waals surface area contributed by atoms with Gasteiger partial charge in [-0.3, -0.25) is 0 Å². The van der Waals surface area contributed by atoms with Gasteiger partial charge >= 0.3 is 0 Å². The van der Waals surface area contributed by atoms with Gasteiger partial charge in [0.15, 0.2) is 0 Å². The SMILES string of the molecule is OCc1cc(Cl)ccc1N1CC(O)C(O)C1. The van der Waals surface area contributed by atoms with Crippen molar-refractivity contribution in [1.29, 1.82) is 0 Å². The molecule has 1 fully saturated rings. The van der Waals surface area contributed by atoms with Crippen LogP contribution in [0.25, 0.3) is 0 Å². The van der Waals surface area contributed by atoms with E-state index >= 15 is 0 Å². The van der Waals surface area contributed by atoms with Crippen molar-refractivity contribution in [3.63, 3.8) is 0 Å². The molecule has 3 N–H and O–H groups in total. The number of hydrogen-bond acceptors (Lipinski definition) is 4. The number of hydrogen-bond donors (Lipinski definition) is 3. The Bertz CT molecular complexity index is 375. The maximum atomic E-state index is 9.47. The first-order valence-corrected chi connectivity index (χ1v) is 5.50. The van der Waals surface area contributed by atoms with Crippen LogP contribution in [0.3, 0.4) is 0 Å². The number of aliphatic hydroxyl groups is 3. The molecule has 0 saturated carbocycles. The molecule has 1 saturated heterocycles. The summed E-state index contributed by atoms with van der Waals surface area (Å²) in [6, 6.07) is 5.21. The second kappa shape index (κ2) is 4.59. The molecule has 1 aromatic carbocycles. The van der Waals surface area contributed by atoms with Crippen LogP contribution in [-0.2, 0) is 6.61 Å². The van der Waals surface area contributed by atoms with Crippen molar-refractivity contribution >= 4 is 17.3 Å². The quantitative estimate of drug-likeness (QED) is 0.703. The fourth-order valence-electron chi connectivity index (χ4n) is 1.96. The van der Waals surface area contributed by atoms with Crippen LogP contribution < -0.4 is 4.90 Å². The Morgan fingerprint density at radius 2 is 1.88 bits per heavy atom. The van der Waals surface area contributed by atoms with Gasteiger partial charge in [-0.05, 0) is 18.2 Å². The smallest absolute Gasteiger partial charge is 0.0990 e. The Morgan fingerprint density at radius 1 is 1.25 bits per heavy atom. The predicted molar refractivity (Wildman–Crippen MR) is 61.6 cm³/mol. The average Bonchev–Trinajstić information content (AvgIpc) is 2.59. The fourth-order valence-corrected chi connectivity index (χ4v) is 2.15. The first kappa shape index (κ1) is 11.7. The largest absolute Gasteiger partial charge is 0.392 e. The molecule has 4 nitrogen and oxygen atoms in total. The highest BCUT2D eigenvalue weighted by atomic mass is 35.5. The highest BCUT2D eigenvalue weighted by Gasteiger charge is 2.30. The van der Waals surface area contributed by atoms with Gasteiger partial charge in [-0.2, -0.15) is 0 Å². The number of anilines is 1. The second-order valence-electron chi connectivity index (χ2n) is 3.97. The molecular weight excluding hydrogens is 230 g/mol. The molecule has 1 aliphatic heterocycles. The number of β-amino-alcohol motifs (C(OH)–C–C–N with tert-alkyl or cyclic N) is 2. The van der Waals surface area contributed by atoms with E-state index in [0.717, 1.165) is 5.69 Å².